The molecule has 3 N–H and O–H groups in total. The topological polar surface area (TPSA) is 160 Å². The van der Waals surface area contributed by atoms with Crippen molar-refractivity contribution < 1.29 is 9.59 Å². The van der Waals surface area contributed by atoms with Crippen LogP contribution in [0.5, 0.6) is 0 Å². The molecule has 1 unspecified atom stereocenters. The Bertz CT molecular complexity index is 1650. The highest BCUT2D eigenvalue weighted by molar-refractivity contribution is 6.00. The van der Waals surface area contributed by atoms with E-state index in [1.54, 1.807) is 12.4 Å². The van der Waals surface area contributed by atoms with Gasteiger partial charge >= 0.3 is 0 Å². The average Bonchev–Trinajstić information content (AvgIpc) is 3.75. The van der Waals surface area contributed by atoms with Crippen LogP contribution in [0.3, 0.4) is 0 Å². The zero-order valence-corrected chi connectivity index (χ0v) is 21.3. The van der Waals surface area contributed by atoms with Gasteiger partial charge in [-0.05, 0) is 38.7 Å². The first kappa shape index (κ1) is 23.4. The van der Waals surface area contributed by atoms with Crippen molar-refractivity contribution in [2.24, 2.45) is 4.99 Å². The molecule has 2 fully saturated rings. The number of fused-ring (bicyclic) bond motifs is 3. The van der Waals surface area contributed by atoms with Gasteiger partial charge in [-0.25, -0.2) is 9.97 Å². The number of aliphatic imine (C=N–C) groups is 1. The van der Waals surface area contributed by atoms with Crippen molar-refractivity contribution in [3.8, 4) is 11.1 Å². The summed E-state index contributed by atoms with van der Waals surface area (Å²) in [7, 11) is 0. The van der Waals surface area contributed by atoms with Crippen molar-refractivity contribution in [1.29, 1.82) is 0 Å². The van der Waals surface area contributed by atoms with Gasteiger partial charge in [0.1, 0.15) is 12.1 Å². The molecule has 7 rings (SSSR count). The fraction of sp³-hybridized carbons (Fsp3) is 0.333. The largest absolute Gasteiger partial charge is 0.383 e. The molecule has 0 spiro atoms. The monoisotopic (exact) mass is 522 g/mol. The Kier molecular flexibility index (Phi) is 5.35. The molecule has 2 saturated heterocycles. The predicted molar refractivity (Wildman–Crippen MR) is 143 cm³/mol. The molecule has 0 aliphatic carbocycles. The second-order valence-corrected chi connectivity index (χ2v) is 10.3. The molecule has 3 atom stereocenters. The molecule has 196 valence electrons. The van der Waals surface area contributed by atoms with E-state index in [0.717, 1.165) is 41.8 Å². The number of Topliss-reactive ketones (excluding diaryl/α,β-unsaturated/α-hetero) is 1. The number of ketones is 1. The molecule has 0 aromatic carbocycles. The number of anilines is 1. The summed E-state index contributed by atoms with van der Waals surface area (Å²) in [6.45, 7) is 1.51. The third kappa shape index (κ3) is 3.74. The van der Waals surface area contributed by atoms with Crippen molar-refractivity contribution >= 4 is 35.1 Å². The summed E-state index contributed by atoms with van der Waals surface area (Å²) < 4.78 is 1.53. The molecule has 39 heavy (non-hydrogen) atoms. The number of nitrogen functional groups attached to an aromatic ring is 1. The van der Waals surface area contributed by atoms with Crippen LogP contribution in [0.15, 0.2) is 41.9 Å². The molecule has 4 aromatic heterocycles. The summed E-state index contributed by atoms with van der Waals surface area (Å²) in [5, 5.41) is 11.0. The lowest BCUT2D eigenvalue weighted by Gasteiger charge is -2.38. The van der Waals surface area contributed by atoms with Crippen LogP contribution in [0, 0.1) is 0 Å². The van der Waals surface area contributed by atoms with Gasteiger partial charge in [-0.3, -0.25) is 24.7 Å². The van der Waals surface area contributed by atoms with Crippen LogP contribution < -0.4 is 5.73 Å². The fourth-order valence-electron chi connectivity index (χ4n) is 6.30. The maximum absolute atomic E-state index is 13.1. The molecule has 12 heteroatoms. The van der Waals surface area contributed by atoms with E-state index in [1.165, 1.54) is 17.8 Å². The van der Waals surface area contributed by atoms with Crippen LogP contribution in [0.2, 0.25) is 0 Å². The number of aromatic nitrogens is 7. The highest BCUT2D eigenvalue weighted by Gasteiger charge is 2.45. The summed E-state index contributed by atoms with van der Waals surface area (Å²) in [6, 6.07) is 3.96. The third-order valence-corrected chi connectivity index (χ3v) is 8.02. The molecule has 4 aromatic rings. The standard InChI is InChI=1S/C27H26N10O2/c1-14(38)22-23(16-9-17-5-6-18(10-16)36(17)27(39)25-31-13-32-35-25)34-26-19(12-33-37(26)24(22)28)15-4-7-21(30-11-15)20-3-2-8-29-20/h3-4,7-8,11-13,16-18H,2,5-6,9-10,28H2,1H3,(H,31,32,35)/t16?,17-,18+. The third-order valence-electron chi connectivity index (χ3n) is 8.02. The molecule has 0 saturated carbocycles. The van der Waals surface area contributed by atoms with Gasteiger partial charge in [-0.2, -0.15) is 14.7 Å². The van der Waals surface area contributed by atoms with Crippen molar-refractivity contribution in [3.63, 3.8) is 0 Å². The first-order chi connectivity index (χ1) is 19.0. The Morgan fingerprint density at radius 1 is 1.10 bits per heavy atom. The zero-order valence-electron chi connectivity index (χ0n) is 21.3. The van der Waals surface area contributed by atoms with E-state index in [2.05, 4.69) is 30.3 Å². The van der Waals surface area contributed by atoms with E-state index in [4.69, 9.17) is 10.7 Å². The molecule has 2 bridgehead atoms. The van der Waals surface area contributed by atoms with Gasteiger partial charge in [0.15, 0.2) is 11.4 Å². The minimum absolute atomic E-state index is 0.0251. The van der Waals surface area contributed by atoms with Crippen LogP contribution in [-0.4, -0.2) is 69.7 Å². The van der Waals surface area contributed by atoms with Gasteiger partial charge in [-0.1, -0.05) is 12.1 Å². The number of carbonyl (C=O) groups is 2. The summed E-state index contributed by atoms with van der Waals surface area (Å²) in [4.78, 5) is 45.9. The minimum Gasteiger partial charge on any atom is -0.383 e. The van der Waals surface area contributed by atoms with Gasteiger partial charge in [0.2, 0.25) is 5.82 Å². The summed E-state index contributed by atoms with van der Waals surface area (Å²) in [5.41, 5.74) is 11.5. The van der Waals surface area contributed by atoms with Gasteiger partial charge < -0.3 is 10.6 Å². The normalized spacial score (nSPS) is 22.0. The lowest BCUT2D eigenvalue weighted by molar-refractivity contribution is 0.0556. The fourth-order valence-corrected chi connectivity index (χ4v) is 6.30. The minimum atomic E-state index is -0.155. The van der Waals surface area contributed by atoms with Crippen molar-refractivity contribution in [3.05, 3.63) is 59.7 Å². The van der Waals surface area contributed by atoms with Crippen LogP contribution in [0.4, 0.5) is 5.82 Å². The Balaban J connectivity index is 1.26. The van der Waals surface area contributed by atoms with E-state index in [1.807, 2.05) is 29.3 Å². The predicted octanol–water partition coefficient (Wildman–Crippen LogP) is 3.06. The second-order valence-electron chi connectivity index (χ2n) is 10.3. The lowest BCUT2D eigenvalue weighted by atomic mass is 9.85. The summed E-state index contributed by atoms with van der Waals surface area (Å²) in [5.74, 6) is 0.205. The molecular weight excluding hydrogens is 496 g/mol. The Hall–Kier alpha value is -4.74. The lowest BCUT2D eigenvalue weighted by Crippen LogP contribution is -2.46. The van der Waals surface area contributed by atoms with Crippen LogP contribution in [0.25, 0.3) is 22.5 Å². The Morgan fingerprint density at radius 3 is 2.56 bits per heavy atom. The van der Waals surface area contributed by atoms with E-state index < -0.39 is 0 Å². The van der Waals surface area contributed by atoms with Crippen LogP contribution in [-0.2, 0) is 0 Å². The highest BCUT2D eigenvalue weighted by atomic mass is 16.2. The Labute approximate surface area is 223 Å². The van der Waals surface area contributed by atoms with Crippen molar-refractivity contribution in [2.75, 3.05) is 5.73 Å². The number of carbonyl (C=O) groups excluding carboxylic acids is 2. The molecule has 3 aliphatic rings. The van der Waals surface area contributed by atoms with E-state index in [9.17, 15) is 9.59 Å². The van der Waals surface area contributed by atoms with Crippen LogP contribution in [0.1, 0.15) is 77.3 Å². The van der Waals surface area contributed by atoms with E-state index >= 15 is 0 Å². The number of allylic oxidation sites excluding steroid dienone is 1. The maximum atomic E-state index is 13.1. The average molecular weight is 523 g/mol. The summed E-state index contributed by atoms with van der Waals surface area (Å²) >= 11 is 0. The number of pyridine rings is 1. The number of hydrogen-bond donors (Lipinski definition) is 2. The van der Waals surface area contributed by atoms with E-state index in [0.29, 0.717) is 29.7 Å². The number of rotatable bonds is 5. The zero-order chi connectivity index (χ0) is 26.7. The van der Waals surface area contributed by atoms with Crippen molar-refractivity contribution in [2.45, 2.75) is 57.0 Å². The van der Waals surface area contributed by atoms with Crippen LogP contribution >= 0.6 is 0 Å². The van der Waals surface area contributed by atoms with Crippen molar-refractivity contribution in [1.82, 2.24) is 39.7 Å². The molecule has 12 nitrogen and oxygen atoms in total. The first-order valence-corrected chi connectivity index (χ1v) is 13.0. The number of aromatic amines is 1. The van der Waals surface area contributed by atoms with E-state index in [-0.39, 0.29) is 41.3 Å². The number of nitrogens with zero attached hydrogens (tertiary/aromatic N) is 8. The van der Waals surface area contributed by atoms with Gasteiger partial charge in [0.05, 0.1) is 28.8 Å². The molecule has 0 radical (unpaired) electrons. The highest BCUT2D eigenvalue weighted by Crippen LogP contribution is 2.45. The van der Waals surface area contributed by atoms with Gasteiger partial charge in [-0.15, -0.1) is 0 Å². The first-order valence-electron chi connectivity index (χ1n) is 13.0. The molecule has 3 aliphatic heterocycles. The second kappa shape index (κ2) is 8.93. The van der Waals surface area contributed by atoms with Gasteiger partial charge in [0, 0.05) is 48.0 Å². The molecule has 7 heterocycles. The number of nitrogens with two attached hydrogens (primary N) is 1. The molecular formula is C27H26N10O2. The quantitative estimate of drug-likeness (QED) is 0.378. The molecule has 1 amide bonds. The van der Waals surface area contributed by atoms with Gasteiger partial charge in [0.25, 0.3) is 5.91 Å². The summed E-state index contributed by atoms with van der Waals surface area (Å²) in [6.07, 6.45) is 12.7. The number of amides is 1. The number of nitrogens with one attached hydrogen (secondary N) is 1. The smallest absolute Gasteiger partial charge is 0.291 e. The number of hydrogen-bond acceptors (Lipinski definition) is 9. The number of piperidine rings is 1. The SMILES string of the molecule is CC(=O)c1c(C2C[C@H]3CC[C@@H](C2)N3C(=O)c2ncn[nH]2)nc2c(-c3ccc(C4=CCC=N4)nc3)cnn2c1N. The Morgan fingerprint density at radius 2 is 1.92 bits per heavy atom. The maximum Gasteiger partial charge on any atom is 0.291 e. The number of H-pyrrole nitrogens is 1.